The van der Waals surface area contributed by atoms with Crippen molar-refractivity contribution in [3.05, 3.63) is 60.2 Å². The number of carboxylic acids is 1. The highest BCUT2D eigenvalue weighted by atomic mass is 16.6. The molecule has 1 aliphatic rings. The fourth-order valence-corrected chi connectivity index (χ4v) is 3.87. The third kappa shape index (κ3) is 6.07. The van der Waals surface area contributed by atoms with Crippen LogP contribution in [-0.4, -0.2) is 37.0 Å². The number of carbonyl (C=O) groups is 2. The Morgan fingerprint density at radius 1 is 0.933 bits per heavy atom. The number of para-hydroxylation sites is 2. The second-order valence-electron chi connectivity index (χ2n) is 7.83. The maximum Gasteiger partial charge on any atom is 0.418 e. The van der Waals surface area contributed by atoms with Crippen LogP contribution in [0.1, 0.15) is 31.2 Å². The van der Waals surface area contributed by atoms with Crippen molar-refractivity contribution in [3.63, 3.8) is 0 Å². The van der Waals surface area contributed by atoms with Crippen LogP contribution in [0.4, 0.5) is 16.2 Å². The summed E-state index contributed by atoms with van der Waals surface area (Å²) in [4.78, 5) is 25.2. The summed E-state index contributed by atoms with van der Waals surface area (Å²) in [5.41, 5.74) is 2.59. The van der Waals surface area contributed by atoms with Crippen LogP contribution in [0.2, 0.25) is 0 Å². The van der Waals surface area contributed by atoms with E-state index < -0.39 is 5.97 Å². The minimum absolute atomic E-state index is 0.244. The zero-order chi connectivity index (χ0) is 21.3. The quantitative estimate of drug-likeness (QED) is 0.648. The van der Waals surface area contributed by atoms with Crippen LogP contribution in [0.15, 0.2) is 54.6 Å². The number of rotatable bonds is 8. The molecule has 0 aromatic heterocycles. The molecule has 2 aromatic carbocycles. The Bertz CT molecular complexity index is 830. The smallest absolute Gasteiger partial charge is 0.418 e. The normalized spacial score (nSPS) is 18.6. The molecule has 0 spiro atoms. The summed E-state index contributed by atoms with van der Waals surface area (Å²) >= 11 is 0. The van der Waals surface area contributed by atoms with Crippen LogP contribution in [0.25, 0.3) is 0 Å². The molecule has 0 heterocycles. The fourth-order valence-electron chi connectivity index (χ4n) is 3.87. The second kappa shape index (κ2) is 10.8. The molecule has 1 aliphatic carbocycles. The number of aliphatic carboxylic acids is 1. The molecule has 1 N–H and O–H groups in total. The Labute approximate surface area is 177 Å². The molecule has 1 saturated carbocycles. The average Bonchev–Trinajstić information content (AvgIpc) is 2.75. The topological polar surface area (TPSA) is 76.1 Å². The van der Waals surface area contributed by atoms with E-state index in [-0.39, 0.29) is 12.7 Å². The van der Waals surface area contributed by atoms with Crippen molar-refractivity contribution in [1.82, 2.24) is 0 Å². The molecule has 0 saturated heterocycles. The van der Waals surface area contributed by atoms with Crippen LogP contribution < -0.4 is 4.90 Å². The van der Waals surface area contributed by atoms with Crippen molar-refractivity contribution in [3.8, 4) is 0 Å². The van der Waals surface area contributed by atoms with E-state index in [9.17, 15) is 9.59 Å². The lowest BCUT2D eigenvalue weighted by atomic mass is 9.83. The number of carbonyl (C=O) groups excluding carboxylic acids is 1. The molecule has 0 unspecified atom stereocenters. The minimum Gasteiger partial charge on any atom is -0.480 e. The van der Waals surface area contributed by atoms with Gasteiger partial charge in [0.2, 0.25) is 0 Å². The van der Waals surface area contributed by atoms with Crippen molar-refractivity contribution < 1.29 is 24.2 Å². The summed E-state index contributed by atoms with van der Waals surface area (Å²) < 4.78 is 11.0. The van der Waals surface area contributed by atoms with Gasteiger partial charge in [0, 0.05) is 0 Å². The standard InChI is InChI=1S/C24H29NO5/c1-18-7-5-6-10-22(18)25(21-8-3-2-4-9-21)24(28)30-16-20-13-11-19(12-14-20)15-29-17-23(26)27/h2-10,19-20H,11-17H2,1H3,(H,26,27). The van der Waals surface area contributed by atoms with Gasteiger partial charge in [0.25, 0.3) is 0 Å². The van der Waals surface area contributed by atoms with Gasteiger partial charge in [-0.3, -0.25) is 0 Å². The maximum atomic E-state index is 13.0. The first kappa shape index (κ1) is 21.8. The van der Waals surface area contributed by atoms with E-state index in [0.29, 0.717) is 25.0 Å². The number of benzene rings is 2. The van der Waals surface area contributed by atoms with Gasteiger partial charge in [-0.05, 0) is 68.2 Å². The number of nitrogens with zero attached hydrogens (tertiary/aromatic N) is 1. The predicted octanol–water partition coefficient (Wildman–Crippen LogP) is 5.18. The lowest BCUT2D eigenvalue weighted by Crippen LogP contribution is -2.30. The average molecular weight is 411 g/mol. The second-order valence-corrected chi connectivity index (χ2v) is 7.83. The molecule has 1 fully saturated rings. The zero-order valence-corrected chi connectivity index (χ0v) is 17.3. The molecule has 6 heteroatoms. The summed E-state index contributed by atoms with van der Waals surface area (Å²) in [6, 6.07) is 17.3. The zero-order valence-electron chi connectivity index (χ0n) is 17.3. The molecular weight excluding hydrogens is 382 g/mol. The first-order chi connectivity index (χ1) is 14.5. The van der Waals surface area contributed by atoms with Gasteiger partial charge in [0.15, 0.2) is 0 Å². The summed E-state index contributed by atoms with van der Waals surface area (Å²) in [5.74, 6) is -0.240. The van der Waals surface area contributed by atoms with Crippen LogP contribution in [0.5, 0.6) is 0 Å². The summed E-state index contributed by atoms with van der Waals surface area (Å²) in [6.07, 6.45) is 3.44. The van der Waals surface area contributed by atoms with E-state index in [1.165, 1.54) is 0 Å². The van der Waals surface area contributed by atoms with Crippen molar-refractivity contribution in [2.45, 2.75) is 32.6 Å². The summed E-state index contributed by atoms with van der Waals surface area (Å²) in [6.45, 7) is 2.60. The molecule has 160 valence electrons. The number of ether oxygens (including phenoxy) is 2. The molecule has 0 atom stereocenters. The van der Waals surface area contributed by atoms with E-state index in [1.807, 2.05) is 61.5 Å². The van der Waals surface area contributed by atoms with E-state index in [0.717, 1.165) is 42.6 Å². The van der Waals surface area contributed by atoms with Crippen molar-refractivity contribution in [2.75, 3.05) is 24.7 Å². The van der Waals surface area contributed by atoms with Crippen LogP contribution in [0.3, 0.4) is 0 Å². The summed E-state index contributed by atoms with van der Waals surface area (Å²) in [7, 11) is 0. The Kier molecular flexibility index (Phi) is 7.85. The molecule has 2 aromatic rings. The number of amides is 1. The highest BCUT2D eigenvalue weighted by Gasteiger charge is 2.25. The number of carboxylic acid groups (broad SMARTS) is 1. The molecule has 1 amide bonds. The van der Waals surface area contributed by atoms with E-state index in [4.69, 9.17) is 14.6 Å². The van der Waals surface area contributed by atoms with Gasteiger partial charge in [0.1, 0.15) is 6.61 Å². The summed E-state index contributed by atoms with van der Waals surface area (Å²) in [5, 5.41) is 8.66. The van der Waals surface area contributed by atoms with Crippen LogP contribution in [0, 0.1) is 18.8 Å². The van der Waals surface area contributed by atoms with Gasteiger partial charge in [0.05, 0.1) is 24.6 Å². The number of anilines is 2. The number of hydrogen-bond donors (Lipinski definition) is 1. The Morgan fingerprint density at radius 2 is 1.53 bits per heavy atom. The molecular formula is C24H29NO5. The van der Waals surface area contributed by atoms with Crippen LogP contribution in [-0.2, 0) is 14.3 Å². The van der Waals surface area contributed by atoms with Gasteiger partial charge < -0.3 is 14.6 Å². The third-order valence-electron chi connectivity index (χ3n) is 5.54. The van der Waals surface area contributed by atoms with Gasteiger partial charge >= 0.3 is 12.1 Å². The van der Waals surface area contributed by atoms with E-state index in [2.05, 4.69) is 0 Å². The Balaban J connectivity index is 1.56. The maximum absolute atomic E-state index is 13.0. The van der Waals surface area contributed by atoms with E-state index in [1.54, 1.807) is 4.90 Å². The van der Waals surface area contributed by atoms with Crippen molar-refractivity contribution in [1.29, 1.82) is 0 Å². The Morgan fingerprint density at radius 3 is 2.17 bits per heavy atom. The minimum atomic E-state index is -0.938. The molecule has 0 radical (unpaired) electrons. The highest BCUT2D eigenvalue weighted by molar-refractivity contribution is 5.96. The lowest BCUT2D eigenvalue weighted by Gasteiger charge is -2.29. The van der Waals surface area contributed by atoms with Gasteiger partial charge in [-0.2, -0.15) is 0 Å². The SMILES string of the molecule is Cc1ccccc1N(C(=O)OCC1CCC(COCC(=O)O)CC1)c1ccccc1. The van der Waals surface area contributed by atoms with E-state index >= 15 is 0 Å². The Hall–Kier alpha value is -2.86. The number of aryl methyl sites for hydroxylation is 1. The molecule has 3 rings (SSSR count). The first-order valence-corrected chi connectivity index (χ1v) is 10.4. The fraction of sp³-hybridized carbons (Fsp3) is 0.417. The third-order valence-corrected chi connectivity index (χ3v) is 5.54. The van der Waals surface area contributed by atoms with Gasteiger partial charge in [-0.25, -0.2) is 14.5 Å². The van der Waals surface area contributed by atoms with Crippen molar-refractivity contribution >= 4 is 23.4 Å². The molecule has 0 bridgehead atoms. The monoisotopic (exact) mass is 411 g/mol. The van der Waals surface area contributed by atoms with Gasteiger partial charge in [-0.1, -0.05) is 36.4 Å². The highest BCUT2D eigenvalue weighted by Crippen LogP contribution is 2.31. The number of hydrogen-bond acceptors (Lipinski definition) is 4. The largest absolute Gasteiger partial charge is 0.480 e. The van der Waals surface area contributed by atoms with Crippen molar-refractivity contribution in [2.24, 2.45) is 11.8 Å². The molecule has 0 aliphatic heterocycles. The first-order valence-electron chi connectivity index (χ1n) is 10.4. The van der Waals surface area contributed by atoms with Crippen LogP contribution >= 0.6 is 0 Å². The predicted molar refractivity (Wildman–Crippen MR) is 115 cm³/mol. The lowest BCUT2D eigenvalue weighted by molar-refractivity contribution is -0.142. The molecule has 30 heavy (non-hydrogen) atoms. The molecule has 6 nitrogen and oxygen atoms in total. The van der Waals surface area contributed by atoms with Gasteiger partial charge in [-0.15, -0.1) is 0 Å².